The molecular weight excluding hydrogens is 418 g/mol. The normalized spacial score (nSPS) is 19.2. The Morgan fingerprint density at radius 2 is 1.88 bits per heavy atom. The van der Waals surface area contributed by atoms with Crippen LogP contribution in [0.3, 0.4) is 0 Å². The number of likely N-dealkylation sites (tertiary alicyclic amines) is 1. The molecular formula is C25H23N5O3. The first-order valence-electron chi connectivity index (χ1n) is 11.2. The second-order valence-electron chi connectivity index (χ2n) is 9.05. The SMILES string of the molecule is O=C(NCC1CC12CCN(C(=O)c1ccc3nccnc3c1)CC2)c1cc2ccncc2o1. The zero-order valence-electron chi connectivity index (χ0n) is 18.0. The fraction of sp³-hybridized carbons (Fsp3) is 0.320. The van der Waals surface area contributed by atoms with Crippen molar-refractivity contribution in [2.75, 3.05) is 19.6 Å². The largest absolute Gasteiger partial charge is 0.449 e. The predicted molar refractivity (Wildman–Crippen MR) is 122 cm³/mol. The molecule has 166 valence electrons. The Balaban J connectivity index is 1.04. The molecule has 1 aliphatic carbocycles. The number of carbonyl (C=O) groups is 2. The Labute approximate surface area is 190 Å². The molecule has 2 fully saturated rings. The molecule has 33 heavy (non-hydrogen) atoms. The number of piperidine rings is 1. The molecule has 1 spiro atoms. The van der Waals surface area contributed by atoms with Crippen molar-refractivity contribution in [3.63, 3.8) is 0 Å². The van der Waals surface area contributed by atoms with Crippen LogP contribution in [0.2, 0.25) is 0 Å². The third-order valence-corrected chi connectivity index (χ3v) is 7.18. The Hall–Kier alpha value is -3.81. The molecule has 4 aromatic rings. The Kier molecular flexibility index (Phi) is 4.60. The maximum Gasteiger partial charge on any atom is 0.287 e. The van der Waals surface area contributed by atoms with Crippen LogP contribution in [0.1, 0.15) is 40.2 Å². The number of nitrogens with zero attached hydrogens (tertiary/aromatic N) is 4. The number of rotatable bonds is 4. The van der Waals surface area contributed by atoms with E-state index in [4.69, 9.17) is 4.42 Å². The maximum atomic E-state index is 13.0. The molecule has 1 atom stereocenters. The number of amides is 2. The summed E-state index contributed by atoms with van der Waals surface area (Å²) in [6.07, 6.45) is 9.59. The first-order chi connectivity index (χ1) is 16.1. The quantitative estimate of drug-likeness (QED) is 0.521. The van der Waals surface area contributed by atoms with Crippen molar-refractivity contribution in [2.45, 2.75) is 19.3 Å². The Morgan fingerprint density at radius 3 is 2.70 bits per heavy atom. The summed E-state index contributed by atoms with van der Waals surface area (Å²) in [7, 11) is 0. The van der Waals surface area contributed by atoms with E-state index in [2.05, 4.69) is 20.3 Å². The van der Waals surface area contributed by atoms with E-state index in [1.165, 1.54) is 0 Å². The van der Waals surface area contributed by atoms with E-state index < -0.39 is 0 Å². The molecule has 4 heterocycles. The van der Waals surface area contributed by atoms with Gasteiger partial charge < -0.3 is 14.6 Å². The number of hydrogen-bond acceptors (Lipinski definition) is 6. The Morgan fingerprint density at radius 1 is 1.06 bits per heavy atom. The summed E-state index contributed by atoms with van der Waals surface area (Å²) in [4.78, 5) is 40.0. The lowest BCUT2D eigenvalue weighted by atomic mass is 9.90. The second kappa shape index (κ2) is 7.65. The minimum absolute atomic E-state index is 0.0438. The van der Waals surface area contributed by atoms with Gasteiger partial charge in [0.05, 0.1) is 17.2 Å². The summed E-state index contributed by atoms with van der Waals surface area (Å²) >= 11 is 0. The van der Waals surface area contributed by atoms with Crippen molar-refractivity contribution in [3.05, 3.63) is 66.4 Å². The zero-order chi connectivity index (χ0) is 22.4. The van der Waals surface area contributed by atoms with Crippen molar-refractivity contribution in [3.8, 4) is 0 Å². The fourth-order valence-electron chi connectivity index (χ4n) is 5.07. The van der Waals surface area contributed by atoms with Crippen LogP contribution in [-0.4, -0.2) is 51.3 Å². The minimum Gasteiger partial charge on any atom is -0.449 e. The molecule has 6 rings (SSSR count). The lowest BCUT2D eigenvalue weighted by molar-refractivity contribution is 0.0669. The van der Waals surface area contributed by atoms with Crippen molar-refractivity contribution in [2.24, 2.45) is 11.3 Å². The number of furan rings is 1. The van der Waals surface area contributed by atoms with Crippen LogP contribution in [0, 0.1) is 11.3 Å². The van der Waals surface area contributed by atoms with Crippen LogP contribution < -0.4 is 5.32 Å². The van der Waals surface area contributed by atoms with Gasteiger partial charge in [0.25, 0.3) is 11.8 Å². The summed E-state index contributed by atoms with van der Waals surface area (Å²) < 4.78 is 5.60. The summed E-state index contributed by atoms with van der Waals surface area (Å²) in [5, 5.41) is 3.89. The molecule has 1 N–H and O–H groups in total. The van der Waals surface area contributed by atoms with Gasteiger partial charge in [0.1, 0.15) is 0 Å². The van der Waals surface area contributed by atoms with E-state index in [1.807, 2.05) is 29.2 Å². The van der Waals surface area contributed by atoms with Gasteiger partial charge in [-0.25, -0.2) is 0 Å². The number of nitrogens with one attached hydrogen (secondary N) is 1. The van der Waals surface area contributed by atoms with Gasteiger partial charge in [-0.1, -0.05) is 0 Å². The zero-order valence-corrected chi connectivity index (χ0v) is 18.0. The average molecular weight is 441 g/mol. The van der Waals surface area contributed by atoms with Gasteiger partial charge in [-0.2, -0.15) is 0 Å². The summed E-state index contributed by atoms with van der Waals surface area (Å²) in [6, 6.07) is 9.06. The number of carbonyl (C=O) groups excluding carboxylic acids is 2. The first-order valence-corrected chi connectivity index (χ1v) is 11.2. The molecule has 1 unspecified atom stereocenters. The van der Waals surface area contributed by atoms with Crippen LogP contribution in [0.4, 0.5) is 0 Å². The highest BCUT2D eigenvalue weighted by Gasteiger charge is 2.54. The van der Waals surface area contributed by atoms with Crippen molar-refractivity contribution >= 4 is 33.8 Å². The Bertz CT molecular complexity index is 1340. The molecule has 1 saturated heterocycles. The van der Waals surface area contributed by atoms with Crippen LogP contribution in [0.15, 0.2) is 59.5 Å². The molecule has 3 aromatic heterocycles. The van der Waals surface area contributed by atoms with Crippen molar-refractivity contribution in [1.82, 2.24) is 25.2 Å². The molecule has 2 aliphatic rings. The predicted octanol–water partition coefficient (Wildman–Crippen LogP) is 3.44. The highest BCUT2D eigenvalue weighted by atomic mass is 16.3. The first kappa shape index (κ1) is 19.8. The molecule has 1 saturated carbocycles. The smallest absolute Gasteiger partial charge is 0.287 e. The van der Waals surface area contributed by atoms with Gasteiger partial charge in [0.15, 0.2) is 11.3 Å². The second-order valence-corrected chi connectivity index (χ2v) is 9.05. The van der Waals surface area contributed by atoms with Gasteiger partial charge in [0, 0.05) is 49.2 Å². The third kappa shape index (κ3) is 3.61. The van der Waals surface area contributed by atoms with E-state index in [0.29, 0.717) is 29.4 Å². The standard InChI is InChI=1S/C25H23N5O3/c31-23(21-12-16-3-6-26-15-22(16)33-21)29-14-18-13-25(18)4-9-30(10-5-25)24(32)17-1-2-19-20(11-17)28-8-7-27-19/h1-3,6-8,11-12,15,18H,4-5,9-10,13-14H2,(H,29,31). The highest BCUT2D eigenvalue weighted by molar-refractivity contribution is 5.97. The van der Waals surface area contributed by atoms with E-state index in [0.717, 1.165) is 48.8 Å². The molecule has 0 radical (unpaired) electrons. The topological polar surface area (TPSA) is 101 Å². The highest BCUT2D eigenvalue weighted by Crippen LogP contribution is 2.59. The van der Waals surface area contributed by atoms with Gasteiger partial charge >= 0.3 is 0 Å². The van der Waals surface area contributed by atoms with E-state index in [1.54, 1.807) is 30.9 Å². The van der Waals surface area contributed by atoms with Gasteiger partial charge in [-0.05, 0) is 60.9 Å². The van der Waals surface area contributed by atoms with Gasteiger partial charge in [-0.15, -0.1) is 0 Å². The van der Waals surface area contributed by atoms with Crippen LogP contribution in [0.5, 0.6) is 0 Å². The maximum absolute atomic E-state index is 13.0. The monoisotopic (exact) mass is 441 g/mol. The third-order valence-electron chi connectivity index (χ3n) is 7.18. The van der Waals surface area contributed by atoms with Crippen LogP contribution in [-0.2, 0) is 0 Å². The number of pyridine rings is 1. The molecule has 2 amide bonds. The van der Waals surface area contributed by atoms with Gasteiger partial charge in [0.2, 0.25) is 0 Å². The van der Waals surface area contributed by atoms with Crippen LogP contribution in [0.25, 0.3) is 22.0 Å². The molecule has 0 bridgehead atoms. The average Bonchev–Trinajstić information content (AvgIpc) is 3.33. The molecule has 8 nitrogen and oxygen atoms in total. The van der Waals surface area contributed by atoms with E-state index >= 15 is 0 Å². The number of fused-ring (bicyclic) bond motifs is 2. The van der Waals surface area contributed by atoms with Crippen molar-refractivity contribution < 1.29 is 14.0 Å². The molecule has 1 aliphatic heterocycles. The fourth-order valence-corrected chi connectivity index (χ4v) is 5.07. The lowest BCUT2D eigenvalue weighted by Crippen LogP contribution is -2.40. The summed E-state index contributed by atoms with van der Waals surface area (Å²) in [6.45, 7) is 2.10. The lowest BCUT2D eigenvalue weighted by Gasteiger charge is -2.33. The number of benzene rings is 1. The summed E-state index contributed by atoms with van der Waals surface area (Å²) in [5.41, 5.74) is 3.02. The molecule has 1 aromatic carbocycles. The number of aromatic nitrogens is 3. The minimum atomic E-state index is -0.194. The van der Waals surface area contributed by atoms with Crippen molar-refractivity contribution in [1.29, 1.82) is 0 Å². The van der Waals surface area contributed by atoms with E-state index in [-0.39, 0.29) is 17.2 Å². The molecule has 8 heteroatoms. The number of hydrogen-bond donors (Lipinski definition) is 1. The summed E-state index contributed by atoms with van der Waals surface area (Å²) in [5.74, 6) is 0.608. The van der Waals surface area contributed by atoms with Gasteiger partial charge in [-0.3, -0.25) is 24.5 Å². The van der Waals surface area contributed by atoms with E-state index in [9.17, 15) is 9.59 Å². The van der Waals surface area contributed by atoms with Crippen LogP contribution >= 0.6 is 0 Å².